The highest BCUT2D eigenvalue weighted by Gasteiger charge is 2.23. The van der Waals surface area contributed by atoms with Crippen molar-refractivity contribution in [2.45, 2.75) is 50.0 Å². The molecule has 0 radical (unpaired) electrons. The summed E-state index contributed by atoms with van der Waals surface area (Å²) >= 11 is 1.95. The molecule has 0 aromatic heterocycles. The highest BCUT2D eigenvalue weighted by molar-refractivity contribution is 7.99. The van der Waals surface area contributed by atoms with Crippen LogP contribution in [0.25, 0.3) is 0 Å². The molecule has 2 N–H and O–H groups in total. The van der Waals surface area contributed by atoms with Crippen molar-refractivity contribution in [3.05, 3.63) is 29.8 Å². The first kappa shape index (κ1) is 16.7. The van der Waals surface area contributed by atoms with E-state index in [9.17, 15) is 5.11 Å². The number of aryl methyl sites for hydroxylation is 1. The molecule has 21 heavy (non-hydrogen) atoms. The molecule has 3 unspecified atom stereocenters. The first-order valence-corrected chi connectivity index (χ1v) is 9.16. The van der Waals surface area contributed by atoms with Gasteiger partial charge in [-0.15, -0.1) is 0 Å². The van der Waals surface area contributed by atoms with E-state index in [0.717, 1.165) is 17.4 Å². The van der Waals surface area contributed by atoms with Gasteiger partial charge in [-0.05, 0) is 49.6 Å². The van der Waals surface area contributed by atoms with E-state index in [1.54, 1.807) is 0 Å². The van der Waals surface area contributed by atoms with Crippen LogP contribution >= 0.6 is 11.8 Å². The molecule has 4 heteroatoms. The van der Waals surface area contributed by atoms with Crippen molar-refractivity contribution in [3.63, 3.8) is 0 Å². The molecule has 1 aliphatic rings. The maximum absolute atomic E-state index is 10.0. The molecule has 0 amide bonds. The molecule has 0 spiro atoms. The second-order valence-corrected chi connectivity index (χ2v) is 6.88. The Bertz CT molecular complexity index is 427. The van der Waals surface area contributed by atoms with Crippen molar-refractivity contribution in [1.82, 2.24) is 5.32 Å². The molecule has 0 bridgehead atoms. The van der Waals surface area contributed by atoms with Crippen LogP contribution in [0.2, 0.25) is 0 Å². The minimum absolute atomic E-state index is 0.346. The van der Waals surface area contributed by atoms with Gasteiger partial charge in [0.05, 0.1) is 0 Å². The van der Waals surface area contributed by atoms with Crippen LogP contribution in [0, 0.1) is 0 Å². The number of aliphatic hydroxyl groups excluding tert-OH is 1. The molecule has 118 valence electrons. The molecule has 3 nitrogen and oxygen atoms in total. The van der Waals surface area contributed by atoms with Gasteiger partial charge in [0.15, 0.2) is 0 Å². The first-order valence-electron chi connectivity index (χ1n) is 7.87. The second kappa shape index (κ2) is 8.66. The Morgan fingerprint density at radius 3 is 3.00 bits per heavy atom. The maximum Gasteiger partial charge on any atom is 0.119 e. The van der Waals surface area contributed by atoms with Crippen LogP contribution in [-0.4, -0.2) is 41.9 Å². The van der Waals surface area contributed by atoms with Crippen LogP contribution in [0.4, 0.5) is 0 Å². The Morgan fingerprint density at radius 1 is 1.43 bits per heavy atom. The van der Waals surface area contributed by atoms with Gasteiger partial charge in [-0.1, -0.05) is 19.1 Å². The van der Waals surface area contributed by atoms with Crippen LogP contribution < -0.4 is 10.1 Å². The largest absolute Gasteiger partial charge is 0.491 e. The lowest BCUT2D eigenvalue weighted by molar-refractivity contribution is 0.104. The van der Waals surface area contributed by atoms with Crippen molar-refractivity contribution in [1.29, 1.82) is 0 Å². The summed E-state index contributed by atoms with van der Waals surface area (Å²) in [6.07, 6.45) is 6.45. The minimum atomic E-state index is -0.455. The fraction of sp³-hybridized carbons (Fsp3) is 0.647. The lowest BCUT2D eigenvalue weighted by Gasteiger charge is -2.17. The molecule has 0 heterocycles. The van der Waals surface area contributed by atoms with Gasteiger partial charge in [-0.25, -0.2) is 0 Å². The minimum Gasteiger partial charge on any atom is -0.491 e. The lowest BCUT2D eigenvalue weighted by Crippen LogP contribution is -2.37. The summed E-state index contributed by atoms with van der Waals surface area (Å²) in [5, 5.41) is 14.3. The predicted molar refractivity (Wildman–Crippen MR) is 90.3 cm³/mol. The molecule has 2 rings (SSSR count). The Kier molecular flexibility index (Phi) is 6.87. The van der Waals surface area contributed by atoms with Gasteiger partial charge in [0.25, 0.3) is 0 Å². The zero-order valence-corrected chi connectivity index (χ0v) is 13.9. The summed E-state index contributed by atoms with van der Waals surface area (Å²) in [6.45, 7) is 3.08. The molecule has 1 fully saturated rings. The summed E-state index contributed by atoms with van der Waals surface area (Å²) in [5.41, 5.74) is 1.26. The Hall–Kier alpha value is -0.710. The summed E-state index contributed by atoms with van der Waals surface area (Å²) < 4.78 is 5.67. The van der Waals surface area contributed by atoms with Crippen LogP contribution in [0.5, 0.6) is 5.75 Å². The lowest BCUT2D eigenvalue weighted by atomic mass is 10.2. The number of rotatable bonds is 8. The summed E-state index contributed by atoms with van der Waals surface area (Å²) in [4.78, 5) is 0. The smallest absolute Gasteiger partial charge is 0.119 e. The van der Waals surface area contributed by atoms with Crippen molar-refractivity contribution in [3.8, 4) is 5.75 Å². The second-order valence-electron chi connectivity index (χ2n) is 5.74. The van der Waals surface area contributed by atoms with Gasteiger partial charge < -0.3 is 15.2 Å². The third kappa shape index (κ3) is 5.53. The SMILES string of the molecule is CCc1cccc(OCC(O)CNC2CCC(SC)C2)c1. The predicted octanol–water partition coefficient (Wildman–Crippen LogP) is 2.86. The number of hydrogen-bond acceptors (Lipinski definition) is 4. The number of nitrogens with one attached hydrogen (secondary N) is 1. The van der Waals surface area contributed by atoms with Gasteiger partial charge in [-0.3, -0.25) is 0 Å². The van der Waals surface area contributed by atoms with Gasteiger partial charge in [0.2, 0.25) is 0 Å². The Labute approximate surface area is 132 Å². The van der Waals surface area contributed by atoms with E-state index in [2.05, 4.69) is 24.6 Å². The van der Waals surface area contributed by atoms with Crippen LogP contribution in [0.15, 0.2) is 24.3 Å². The third-order valence-corrected chi connectivity index (χ3v) is 5.20. The van der Waals surface area contributed by atoms with E-state index >= 15 is 0 Å². The van der Waals surface area contributed by atoms with Crippen LogP contribution in [0.1, 0.15) is 31.7 Å². The zero-order chi connectivity index (χ0) is 15.1. The van der Waals surface area contributed by atoms with Crippen molar-refractivity contribution in [2.75, 3.05) is 19.4 Å². The van der Waals surface area contributed by atoms with Crippen molar-refractivity contribution >= 4 is 11.8 Å². The van der Waals surface area contributed by atoms with Crippen LogP contribution in [-0.2, 0) is 6.42 Å². The number of thioether (sulfide) groups is 1. The molecule has 0 aliphatic heterocycles. The van der Waals surface area contributed by atoms with Crippen molar-refractivity contribution in [2.24, 2.45) is 0 Å². The van der Waals surface area contributed by atoms with Gasteiger partial charge in [0.1, 0.15) is 18.5 Å². The van der Waals surface area contributed by atoms with E-state index in [1.165, 1.54) is 24.8 Å². The molecule has 1 aromatic carbocycles. The average molecular weight is 309 g/mol. The first-order chi connectivity index (χ1) is 10.2. The quantitative estimate of drug-likeness (QED) is 0.775. The highest BCUT2D eigenvalue weighted by atomic mass is 32.2. The topological polar surface area (TPSA) is 41.5 Å². The zero-order valence-electron chi connectivity index (χ0n) is 13.0. The van der Waals surface area contributed by atoms with E-state index in [1.807, 2.05) is 30.0 Å². The summed E-state index contributed by atoms with van der Waals surface area (Å²) in [5.74, 6) is 0.844. The molecule has 3 atom stereocenters. The number of aliphatic hydroxyl groups is 1. The normalized spacial score (nSPS) is 23.2. The van der Waals surface area contributed by atoms with E-state index < -0.39 is 6.10 Å². The molecular formula is C17H27NO2S. The fourth-order valence-corrected chi connectivity index (χ4v) is 3.55. The summed E-state index contributed by atoms with van der Waals surface area (Å²) in [7, 11) is 0. The number of benzene rings is 1. The number of hydrogen-bond donors (Lipinski definition) is 2. The van der Waals surface area contributed by atoms with Gasteiger partial charge in [-0.2, -0.15) is 11.8 Å². The molecule has 1 aliphatic carbocycles. The number of ether oxygens (including phenoxy) is 1. The van der Waals surface area contributed by atoms with Gasteiger partial charge in [0, 0.05) is 17.8 Å². The third-order valence-electron chi connectivity index (χ3n) is 4.11. The average Bonchev–Trinajstić information content (AvgIpc) is 2.99. The monoisotopic (exact) mass is 309 g/mol. The Morgan fingerprint density at radius 2 is 2.29 bits per heavy atom. The highest BCUT2D eigenvalue weighted by Crippen LogP contribution is 2.28. The molecule has 1 aromatic rings. The molecule has 1 saturated carbocycles. The van der Waals surface area contributed by atoms with E-state index in [4.69, 9.17) is 4.74 Å². The molecule has 0 saturated heterocycles. The van der Waals surface area contributed by atoms with E-state index in [0.29, 0.717) is 19.2 Å². The fourth-order valence-electron chi connectivity index (χ4n) is 2.75. The van der Waals surface area contributed by atoms with Gasteiger partial charge >= 0.3 is 0 Å². The standard InChI is InChI=1S/C17H27NO2S/c1-3-13-5-4-6-16(9-13)20-12-15(19)11-18-14-7-8-17(10-14)21-2/h4-6,9,14-15,17-19H,3,7-8,10-12H2,1-2H3. The molecular weight excluding hydrogens is 282 g/mol. The van der Waals surface area contributed by atoms with Crippen molar-refractivity contribution < 1.29 is 9.84 Å². The van der Waals surface area contributed by atoms with Crippen LogP contribution in [0.3, 0.4) is 0 Å². The maximum atomic E-state index is 10.0. The van der Waals surface area contributed by atoms with E-state index in [-0.39, 0.29) is 0 Å². The Balaban J connectivity index is 1.66. The summed E-state index contributed by atoms with van der Waals surface area (Å²) in [6, 6.07) is 8.63.